The van der Waals surface area contributed by atoms with Gasteiger partial charge in [0.05, 0.1) is 28.5 Å². The van der Waals surface area contributed by atoms with Crippen molar-refractivity contribution in [2.75, 3.05) is 12.2 Å². The van der Waals surface area contributed by atoms with E-state index in [-0.39, 0.29) is 12.5 Å². The molecule has 0 radical (unpaired) electrons. The van der Waals surface area contributed by atoms with Crippen molar-refractivity contribution < 1.29 is 14.4 Å². The van der Waals surface area contributed by atoms with Crippen LogP contribution in [0.3, 0.4) is 0 Å². The number of hydrogen-bond acceptors (Lipinski definition) is 6. The standard InChI is InChI=1S/C14H11N3O4/c18-17(19)12-7-14-13(20-9-21-14)6-10(12)8-15-16-11-4-2-1-3-5-11/h1-8,16H,9H2/b15-8-. The molecule has 106 valence electrons. The molecule has 21 heavy (non-hydrogen) atoms. The summed E-state index contributed by atoms with van der Waals surface area (Å²) in [4.78, 5) is 10.6. The first-order valence-electron chi connectivity index (χ1n) is 6.16. The van der Waals surface area contributed by atoms with E-state index in [2.05, 4.69) is 10.5 Å². The van der Waals surface area contributed by atoms with Gasteiger partial charge in [0.1, 0.15) is 0 Å². The van der Waals surface area contributed by atoms with Crippen LogP contribution in [0.4, 0.5) is 11.4 Å². The van der Waals surface area contributed by atoms with Crippen LogP contribution in [0.2, 0.25) is 0 Å². The van der Waals surface area contributed by atoms with E-state index in [9.17, 15) is 10.1 Å². The van der Waals surface area contributed by atoms with Gasteiger partial charge in [0, 0.05) is 0 Å². The van der Waals surface area contributed by atoms with Crippen molar-refractivity contribution in [1.82, 2.24) is 0 Å². The molecule has 1 aliphatic rings. The van der Waals surface area contributed by atoms with Crippen LogP contribution in [0, 0.1) is 10.1 Å². The summed E-state index contributed by atoms with van der Waals surface area (Å²) >= 11 is 0. The Labute approximate surface area is 120 Å². The second kappa shape index (κ2) is 5.49. The second-order valence-electron chi connectivity index (χ2n) is 4.26. The zero-order valence-corrected chi connectivity index (χ0v) is 10.9. The number of hydrazone groups is 1. The van der Waals surface area contributed by atoms with Gasteiger partial charge in [-0.2, -0.15) is 5.10 Å². The number of nitrogens with zero attached hydrogens (tertiary/aromatic N) is 2. The highest BCUT2D eigenvalue weighted by Gasteiger charge is 2.22. The fourth-order valence-corrected chi connectivity index (χ4v) is 1.90. The number of hydrogen-bond donors (Lipinski definition) is 1. The van der Waals surface area contributed by atoms with Crippen LogP contribution in [0.15, 0.2) is 47.6 Å². The fraction of sp³-hybridized carbons (Fsp3) is 0.0714. The zero-order valence-electron chi connectivity index (χ0n) is 10.9. The van der Waals surface area contributed by atoms with Gasteiger partial charge in [-0.15, -0.1) is 0 Å². The summed E-state index contributed by atoms with van der Waals surface area (Å²) in [7, 11) is 0. The van der Waals surface area contributed by atoms with Crippen molar-refractivity contribution in [2.24, 2.45) is 5.10 Å². The van der Waals surface area contributed by atoms with Gasteiger partial charge < -0.3 is 9.47 Å². The number of ether oxygens (including phenoxy) is 2. The number of anilines is 1. The Hall–Kier alpha value is -3.09. The smallest absolute Gasteiger partial charge is 0.282 e. The van der Waals surface area contributed by atoms with E-state index < -0.39 is 4.92 Å². The average molecular weight is 285 g/mol. The molecule has 0 unspecified atom stereocenters. The molecule has 1 N–H and O–H groups in total. The minimum absolute atomic E-state index is 0.0648. The van der Waals surface area contributed by atoms with E-state index in [4.69, 9.17) is 9.47 Å². The third-order valence-corrected chi connectivity index (χ3v) is 2.89. The summed E-state index contributed by atoms with van der Waals surface area (Å²) in [5, 5.41) is 15.1. The SMILES string of the molecule is O=[N+]([O-])c1cc2c(cc1/C=N\Nc1ccccc1)OCO2. The summed E-state index contributed by atoms with van der Waals surface area (Å²) in [6.07, 6.45) is 1.38. The molecule has 0 saturated heterocycles. The quantitative estimate of drug-likeness (QED) is 0.530. The predicted molar refractivity (Wildman–Crippen MR) is 76.9 cm³/mol. The predicted octanol–water partition coefficient (Wildman–Crippen LogP) is 2.77. The van der Waals surface area contributed by atoms with Gasteiger partial charge in [0.25, 0.3) is 5.69 Å². The normalized spacial score (nSPS) is 12.6. The largest absolute Gasteiger partial charge is 0.454 e. The molecular weight excluding hydrogens is 274 g/mol. The molecule has 1 heterocycles. The van der Waals surface area contributed by atoms with E-state index in [0.29, 0.717) is 17.1 Å². The van der Waals surface area contributed by atoms with Crippen molar-refractivity contribution >= 4 is 17.6 Å². The molecular formula is C14H11N3O4. The van der Waals surface area contributed by atoms with Gasteiger partial charge in [-0.3, -0.25) is 15.5 Å². The average Bonchev–Trinajstić information content (AvgIpc) is 2.94. The molecule has 2 aromatic rings. The monoisotopic (exact) mass is 285 g/mol. The molecule has 0 spiro atoms. The number of benzene rings is 2. The van der Waals surface area contributed by atoms with E-state index >= 15 is 0 Å². The molecule has 0 atom stereocenters. The fourth-order valence-electron chi connectivity index (χ4n) is 1.90. The van der Waals surface area contributed by atoms with Gasteiger partial charge in [0.15, 0.2) is 11.5 Å². The Balaban J connectivity index is 1.85. The van der Waals surface area contributed by atoms with Crippen molar-refractivity contribution in [1.29, 1.82) is 0 Å². The van der Waals surface area contributed by atoms with Crippen molar-refractivity contribution in [3.05, 3.63) is 58.1 Å². The van der Waals surface area contributed by atoms with Crippen LogP contribution >= 0.6 is 0 Å². The summed E-state index contributed by atoms with van der Waals surface area (Å²) in [6.45, 7) is 0.0648. The van der Waals surface area contributed by atoms with Gasteiger partial charge in [-0.1, -0.05) is 18.2 Å². The second-order valence-corrected chi connectivity index (χ2v) is 4.26. The number of nitro groups is 1. The maximum Gasteiger partial charge on any atom is 0.282 e. The molecule has 0 amide bonds. The van der Waals surface area contributed by atoms with Crippen LogP contribution in [0.25, 0.3) is 0 Å². The van der Waals surface area contributed by atoms with Crippen LogP contribution in [0.5, 0.6) is 11.5 Å². The molecule has 3 rings (SSSR count). The van der Waals surface area contributed by atoms with Gasteiger partial charge in [0.2, 0.25) is 6.79 Å². The molecule has 7 nitrogen and oxygen atoms in total. The molecule has 0 aromatic heterocycles. The van der Waals surface area contributed by atoms with Gasteiger partial charge in [-0.25, -0.2) is 0 Å². The van der Waals surface area contributed by atoms with Crippen molar-refractivity contribution in [2.45, 2.75) is 0 Å². The minimum atomic E-state index is -0.480. The highest BCUT2D eigenvalue weighted by atomic mass is 16.7. The van der Waals surface area contributed by atoms with Crippen LogP contribution < -0.4 is 14.9 Å². The van der Waals surface area contributed by atoms with Gasteiger partial charge in [-0.05, 0) is 18.2 Å². The van der Waals surface area contributed by atoms with Crippen LogP contribution in [-0.2, 0) is 0 Å². The topological polar surface area (TPSA) is 86.0 Å². The Morgan fingerprint density at radius 1 is 1.19 bits per heavy atom. The number of nitrogens with one attached hydrogen (secondary N) is 1. The number of fused-ring (bicyclic) bond motifs is 1. The van der Waals surface area contributed by atoms with Crippen LogP contribution in [0.1, 0.15) is 5.56 Å². The first kappa shape index (κ1) is 12.9. The molecule has 0 bridgehead atoms. The lowest BCUT2D eigenvalue weighted by atomic mass is 10.1. The maximum atomic E-state index is 11.1. The van der Waals surface area contributed by atoms with E-state index in [1.54, 1.807) is 0 Å². The Bertz CT molecular complexity index is 701. The number of para-hydroxylation sites is 1. The van der Waals surface area contributed by atoms with Crippen LogP contribution in [-0.4, -0.2) is 17.9 Å². The third-order valence-electron chi connectivity index (χ3n) is 2.89. The van der Waals surface area contributed by atoms with Crippen molar-refractivity contribution in [3.8, 4) is 11.5 Å². The Kier molecular flexibility index (Phi) is 3.38. The lowest BCUT2D eigenvalue weighted by Gasteiger charge is -2.01. The Morgan fingerprint density at radius 2 is 1.90 bits per heavy atom. The first-order valence-corrected chi connectivity index (χ1v) is 6.16. The van der Waals surface area contributed by atoms with E-state index in [1.807, 2.05) is 30.3 Å². The minimum Gasteiger partial charge on any atom is -0.454 e. The first-order chi connectivity index (χ1) is 10.2. The molecule has 7 heteroatoms. The summed E-state index contributed by atoms with van der Waals surface area (Å²) in [5.74, 6) is 0.844. The molecule has 1 aliphatic heterocycles. The summed E-state index contributed by atoms with van der Waals surface area (Å²) in [5.41, 5.74) is 3.85. The highest BCUT2D eigenvalue weighted by molar-refractivity contribution is 5.87. The van der Waals surface area contributed by atoms with E-state index in [0.717, 1.165) is 5.69 Å². The maximum absolute atomic E-state index is 11.1. The zero-order chi connectivity index (χ0) is 14.7. The van der Waals surface area contributed by atoms with Gasteiger partial charge >= 0.3 is 0 Å². The lowest BCUT2D eigenvalue weighted by molar-refractivity contribution is -0.385. The summed E-state index contributed by atoms with van der Waals surface area (Å²) in [6, 6.07) is 12.2. The number of nitro benzene ring substituents is 1. The lowest BCUT2D eigenvalue weighted by Crippen LogP contribution is -1.96. The third kappa shape index (κ3) is 2.76. The van der Waals surface area contributed by atoms with E-state index in [1.165, 1.54) is 18.3 Å². The summed E-state index contributed by atoms with van der Waals surface area (Å²) < 4.78 is 10.3. The molecule has 0 saturated carbocycles. The van der Waals surface area contributed by atoms with Crippen molar-refractivity contribution in [3.63, 3.8) is 0 Å². The molecule has 2 aromatic carbocycles. The Morgan fingerprint density at radius 3 is 2.62 bits per heavy atom. The molecule has 0 aliphatic carbocycles. The highest BCUT2D eigenvalue weighted by Crippen LogP contribution is 2.37. The number of rotatable bonds is 4. The molecule has 0 fully saturated rings.